The molecule has 1 N–H and O–H groups in total. The van der Waals surface area contributed by atoms with Gasteiger partial charge in [0.1, 0.15) is 0 Å². The SMILES string of the molecule is CN(Cc1cccs1)C(=O)CNC(=O)c1ccccc1I. The first kappa shape index (κ1) is 16.0. The van der Waals surface area contributed by atoms with Gasteiger partial charge in [0.2, 0.25) is 5.91 Å². The van der Waals surface area contributed by atoms with E-state index in [2.05, 4.69) is 27.9 Å². The van der Waals surface area contributed by atoms with Gasteiger partial charge < -0.3 is 10.2 Å². The quantitative estimate of drug-likeness (QED) is 0.766. The Labute approximate surface area is 141 Å². The summed E-state index contributed by atoms with van der Waals surface area (Å²) in [5.41, 5.74) is 0.590. The van der Waals surface area contributed by atoms with Crippen molar-refractivity contribution >= 4 is 45.7 Å². The van der Waals surface area contributed by atoms with Gasteiger partial charge in [-0.2, -0.15) is 0 Å². The van der Waals surface area contributed by atoms with Crippen LogP contribution >= 0.6 is 33.9 Å². The van der Waals surface area contributed by atoms with Gasteiger partial charge in [-0.25, -0.2) is 0 Å². The summed E-state index contributed by atoms with van der Waals surface area (Å²) in [4.78, 5) is 26.8. The van der Waals surface area contributed by atoms with Crippen LogP contribution in [0.5, 0.6) is 0 Å². The summed E-state index contributed by atoms with van der Waals surface area (Å²) in [7, 11) is 1.74. The highest BCUT2D eigenvalue weighted by Gasteiger charge is 2.13. The van der Waals surface area contributed by atoms with Gasteiger partial charge in [-0.15, -0.1) is 11.3 Å². The summed E-state index contributed by atoms with van der Waals surface area (Å²) in [6.07, 6.45) is 0. The van der Waals surface area contributed by atoms with Gasteiger partial charge in [-0.1, -0.05) is 18.2 Å². The molecule has 0 fully saturated rings. The number of hydrogen-bond donors (Lipinski definition) is 1. The van der Waals surface area contributed by atoms with E-state index in [9.17, 15) is 9.59 Å². The highest BCUT2D eigenvalue weighted by molar-refractivity contribution is 14.1. The Hall–Kier alpha value is -1.41. The minimum absolute atomic E-state index is 0.00564. The highest BCUT2D eigenvalue weighted by Crippen LogP contribution is 2.12. The maximum absolute atomic E-state index is 12.0. The van der Waals surface area contributed by atoms with Gasteiger partial charge in [-0.3, -0.25) is 9.59 Å². The molecule has 0 saturated carbocycles. The average molecular weight is 414 g/mol. The highest BCUT2D eigenvalue weighted by atomic mass is 127. The molecule has 4 nitrogen and oxygen atoms in total. The molecule has 2 amide bonds. The van der Waals surface area contributed by atoms with Crippen LogP contribution in [-0.2, 0) is 11.3 Å². The molecule has 2 rings (SSSR count). The lowest BCUT2D eigenvalue weighted by molar-refractivity contribution is -0.129. The molecule has 0 atom stereocenters. The number of halogens is 1. The second-order valence-electron chi connectivity index (χ2n) is 4.49. The molecular weight excluding hydrogens is 399 g/mol. The Morgan fingerprint density at radius 3 is 2.67 bits per heavy atom. The number of likely N-dealkylation sites (N-methyl/N-ethyl adjacent to an activating group) is 1. The van der Waals surface area contributed by atoms with E-state index in [1.54, 1.807) is 29.4 Å². The largest absolute Gasteiger partial charge is 0.343 e. The molecule has 21 heavy (non-hydrogen) atoms. The van der Waals surface area contributed by atoms with E-state index in [4.69, 9.17) is 0 Å². The van der Waals surface area contributed by atoms with E-state index in [1.165, 1.54) is 0 Å². The first-order chi connectivity index (χ1) is 10.1. The maximum Gasteiger partial charge on any atom is 0.252 e. The lowest BCUT2D eigenvalue weighted by Gasteiger charge is -2.16. The predicted molar refractivity (Wildman–Crippen MR) is 92.3 cm³/mol. The van der Waals surface area contributed by atoms with Crippen LogP contribution in [-0.4, -0.2) is 30.3 Å². The topological polar surface area (TPSA) is 49.4 Å². The Morgan fingerprint density at radius 1 is 1.24 bits per heavy atom. The summed E-state index contributed by atoms with van der Waals surface area (Å²) >= 11 is 3.72. The van der Waals surface area contributed by atoms with Gasteiger partial charge in [0, 0.05) is 15.5 Å². The summed E-state index contributed by atoms with van der Waals surface area (Å²) < 4.78 is 0.868. The van der Waals surface area contributed by atoms with Gasteiger partial charge in [0.05, 0.1) is 18.7 Å². The summed E-state index contributed by atoms with van der Waals surface area (Å²) in [5, 5.41) is 4.65. The molecule has 0 aliphatic rings. The Kier molecular flexibility index (Phi) is 5.75. The monoisotopic (exact) mass is 414 g/mol. The van der Waals surface area contributed by atoms with E-state index < -0.39 is 0 Å². The number of nitrogens with one attached hydrogen (secondary N) is 1. The first-order valence-corrected chi connectivity index (χ1v) is 8.33. The molecule has 0 saturated heterocycles. The van der Waals surface area contributed by atoms with Crippen LogP contribution in [0.25, 0.3) is 0 Å². The number of carbonyl (C=O) groups is 2. The number of amides is 2. The molecule has 0 bridgehead atoms. The zero-order chi connectivity index (χ0) is 15.2. The molecule has 0 unspecified atom stereocenters. The third-order valence-electron chi connectivity index (χ3n) is 2.92. The predicted octanol–water partition coefficient (Wildman–Crippen LogP) is 2.74. The lowest BCUT2D eigenvalue weighted by Crippen LogP contribution is -2.37. The smallest absolute Gasteiger partial charge is 0.252 e. The van der Waals surface area contributed by atoms with E-state index in [0.29, 0.717) is 12.1 Å². The summed E-state index contributed by atoms with van der Waals surface area (Å²) in [5.74, 6) is -0.333. The second-order valence-corrected chi connectivity index (χ2v) is 6.69. The average Bonchev–Trinajstić information content (AvgIpc) is 2.97. The van der Waals surface area contributed by atoms with Crippen molar-refractivity contribution < 1.29 is 9.59 Å². The van der Waals surface area contributed by atoms with Gasteiger partial charge in [-0.05, 0) is 46.2 Å². The molecule has 0 aliphatic heterocycles. The molecule has 0 aliphatic carbocycles. The van der Waals surface area contributed by atoms with Crippen molar-refractivity contribution in [2.24, 2.45) is 0 Å². The zero-order valence-electron chi connectivity index (χ0n) is 11.5. The van der Waals surface area contributed by atoms with Crippen molar-refractivity contribution in [1.82, 2.24) is 10.2 Å². The van der Waals surface area contributed by atoms with Crippen molar-refractivity contribution in [3.8, 4) is 0 Å². The molecule has 0 radical (unpaired) electrons. The second kappa shape index (κ2) is 7.56. The molecule has 2 aromatic rings. The number of carbonyl (C=O) groups excluding carboxylic acids is 2. The Balaban J connectivity index is 1.86. The molecule has 6 heteroatoms. The third kappa shape index (κ3) is 4.53. The minimum atomic E-state index is -0.224. The fourth-order valence-corrected chi connectivity index (χ4v) is 3.15. The van der Waals surface area contributed by atoms with Crippen LogP contribution < -0.4 is 5.32 Å². The van der Waals surface area contributed by atoms with Crippen LogP contribution in [0.15, 0.2) is 41.8 Å². The van der Waals surface area contributed by atoms with Crippen LogP contribution in [0.4, 0.5) is 0 Å². The lowest BCUT2D eigenvalue weighted by atomic mass is 10.2. The third-order valence-corrected chi connectivity index (χ3v) is 4.72. The Morgan fingerprint density at radius 2 is 2.00 bits per heavy atom. The van der Waals surface area contributed by atoms with Gasteiger partial charge in [0.25, 0.3) is 5.91 Å². The van der Waals surface area contributed by atoms with E-state index in [1.807, 2.05) is 35.7 Å². The van der Waals surface area contributed by atoms with Crippen LogP contribution in [0, 0.1) is 3.57 Å². The van der Waals surface area contributed by atoms with E-state index in [0.717, 1.165) is 8.45 Å². The molecular formula is C15H15IN2O2S. The van der Waals surface area contributed by atoms with Gasteiger partial charge in [0.15, 0.2) is 0 Å². The molecule has 1 heterocycles. The maximum atomic E-state index is 12.0. The van der Waals surface area contributed by atoms with Crippen LogP contribution in [0.1, 0.15) is 15.2 Å². The number of rotatable bonds is 5. The van der Waals surface area contributed by atoms with Gasteiger partial charge >= 0.3 is 0 Å². The van der Waals surface area contributed by atoms with E-state index in [-0.39, 0.29) is 18.4 Å². The normalized spacial score (nSPS) is 10.2. The fraction of sp³-hybridized carbons (Fsp3) is 0.200. The number of nitrogens with zero attached hydrogens (tertiary/aromatic N) is 1. The molecule has 1 aromatic heterocycles. The summed E-state index contributed by atoms with van der Waals surface area (Å²) in [6, 6.07) is 11.2. The standard InChI is InChI=1S/C15H15IN2O2S/c1-18(10-11-5-4-8-21-11)14(19)9-17-15(20)12-6-2-3-7-13(12)16/h2-8H,9-10H2,1H3,(H,17,20). The number of benzene rings is 1. The number of hydrogen-bond acceptors (Lipinski definition) is 3. The van der Waals surface area contributed by atoms with Crippen molar-refractivity contribution in [3.63, 3.8) is 0 Å². The zero-order valence-corrected chi connectivity index (χ0v) is 14.5. The van der Waals surface area contributed by atoms with Crippen LogP contribution in [0.3, 0.4) is 0 Å². The van der Waals surface area contributed by atoms with Crippen molar-refractivity contribution in [1.29, 1.82) is 0 Å². The molecule has 1 aromatic carbocycles. The molecule has 110 valence electrons. The minimum Gasteiger partial charge on any atom is -0.343 e. The van der Waals surface area contributed by atoms with Crippen molar-refractivity contribution in [2.75, 3.05) is 13.6 Å². The number of thiophene rings is 1. The van der Waals surface area contributed by atoms with E-state index >= 15 is 0 Å². The summed E-state index contributed by atoms with van der Waals surface area (Å²) in [6.45, 7) is 0.570. The van der Waals surface area contributed by atoms with Crippen molar-refractivity contribution in [2.45, 2.75) is 6.54 Å². The molecule has 0 spiro atoms. The van der Waals surface area contributed by atoms with Crippen LogP contribution in [0.2, 0.25) is 0 Å². The first-order valence-electron chi connectivity index (χ1n) is 6.37. The Bertz CT molecular complexity index is 628. The fourth-order valence-electron chi connectivity index (χ4n) is 1.76. The van der Waals surface area contributed by atoms with Crippen molar-refractivity contribution in [3.05, 3.63) is 55.8 Å².